The fourth-order valence-corrected chi connectivity index (χ4v) is 1.79. The summed E-state index contributed by atoms with van der Waals surface area (Å²) >= 11 is 0. The third-order valence-corrected chi connectivity index (χ3v) is 2.50. The van der Waals surface area contributed by atoms with E-state index in [0.29, 0.717) is 28.9 Å². The number of benzene rings is 1. The second-order valence-electron chi connectivity index (χ2n) is 3.72. The summed E-state index contributed by atoms with van der Waals surface area (Å²) in [5.74, 6) is -0.356. The number of pyridine rings is 1. The third-order valence-electron chi connectivity index (χ3n) is 2.50. The number of nitrogens with zero attached hydrogens (tertiary/aromatic N) is 1. The molecule has 0 saturated heterocycles. The number of fused-ring (bicyclic) bond motifs is 1. The van der Waals surface area contributed by atoms with Gasteiger partial charge in [-0.2, -0.15) is 0 Å². The lowest BCUT2D eigenvalue weighted by atomic mass is 10.1. The Hall–Kier alpha value is -1.68. The average Bonchev–Trinajstić information content (AvgIpc) is 2.23. The summed E-state index contributed by atoms with van der Waals surface area (Å²) in [6.07, 6.45) is 0. The van der Waals surface area contributed by atoms with Gasteiger partial charge in [0.15, 0.2) is 0 Å². The van der Waals surface area contributed by atoms with Crippen LogP contribution in [0.15, 0.2) is 18.2 Å². The SMILES string of the molecule is COCc1cc(N)c2c(C)ccc(F)c2n1. The van der Waals surface area contributed by atoms with Gasteiger partial charge in [-0.25, -0.2) is 9.37 Å². The Morgan fingerprint density at radius 3 is 2.88 bits per heavy atom. The van der Waals surface area contributed by atoms with E-state index < -0.39 is 0 Å². The molecule has 0 bridgehead atoms. The largest absolute Gasteiger partial charge is 0.398 e. The van der Waals surface area contributed by atoms with Crippen molar-refractivity contribution in [1.82, 2.24) is 4.98 Å². The van der Waals surface area contributed by atoms with Crippen molar-refractivity contribution in [3.63, 3.8) is 0 Å². The van der Waals surface area contributed by atoms with Crippen LogP contribution in [0.3, 0.4) is 0 Å². The molecule has 0 aliphatic carbocycles. The maximum Gasteiger partial charge on any atom is 0.149 e. The lowest BCUT2D eigenvalue weighted by Crippen LogP contribution is -1.99. The fraction of sp³-hybridized carbons (Fsp3) is 0.250. The van der Waals surface area contributed by atoms with Crippen molar-refractivity contribution in [2.24, 2.45) is 0 Å². The van der Waals surface area contributed by atoms with Crippen molar-refractivity contribution in [2.75, 3.05) is 12.8 Å². The van der Waals surface area contributed by atoms with Crippen LogP contribution in [0.5, 0.6) is 0 Å². The molecular formula is C12H13FN2O. The third kappa shape index (κ3) is 1.72. The fourth-order valence-electron chi connectivity index (χ4n) is 1.79. The van der Waals surface area contributed by atoms with Crippen LogP contribution in [0.2, 0.25) is 0 Å². The maximum atomic E-state index is 13.6. The van der Waals surface area contributed by atoms with Gasteiger partial charge in [0.2, 0.25) is 0 Å². The first-order valence-corrected chi connectivity index (χ1v) is 4.96. The molecule has 2 rings (SSSR count). The molecule has 1 aromatic carbocycles. The van der Waals surface area contributed by atoms with Crippen molar-refractivity contribution in [3.05, 3.63) is 35.3 Å². The van der Waals surface area contributed by atoms with Gasteiger partial charge in [0.25, 0.3) is 0 Å². The van der Waals surface area contributed by atoms with E-state index in [2.05, 4.69) is 4.98 Å². The zero-order chi connectivity index (χ0) is 11.7. The highest BCUT2D eigenvalue weighted by molar-refractivity contribution is 5.93. The quantitative estimate of drug-likeness (QED) is 0.845. The van der Waals surface area contributed by atoms with E-state index >= 15 is 0 Å². The van der Waals surface area contributed by atoms with Gasteiger partial charge in [-0.05, 0) is 24.6 Å². The summed E-state index contributed by atoms with van der Waals surface area (Å²) < 4.78 is 18.6. The molecule has 3 nitrogen and oxygen atoms in total. The molecule has 1 aromatic heterocycles. The van der Waals surface area contributed by atoms with Crippen LogP contribution >= 0.6 is 0 Å². The summed E-state index contributed by atoms with van der Waals surface area (Å²) in [5.41, 5.74) is 8.30. The van der Waals surface area contributed by atoms with Gasteiger partial charge >= 0.3 is 0 Å². The number of aryl methyl sites for hydroxylation is 1. The van der Waals surface area contributed by atoms with Crippen LogP contribution in [0, 0.1) is 12.7 Å². The Kier molecular flexibility index (Phi) is 2.75. The molecule has 0 unspecified atom stereocenters. The molecule has 4 heteroatoms. The van der Waals surface area contributed by atoms with Crippen molar-refractivity contribution in [1.29, 1.82) is 0 Å². The van der Waals surface area contributed by atoms with Crippen LogP contribution in [0.25, 0.3) is 10.9 Å². The van der Waals surface area contributed by atoms with Crippen LogP contribution in [-0.2, 0) is 11.3 Å². The van der Waals surface area contributed by atoms with Gasteiger partial charge in [0.05, 0.1) is 12.3 Å². The summed E-state index contributed by atoms with van der Waals surface area (Å²) in [6, 6.07) is 4.82. The highest BCUT2D eigenvalue weighted by Gasteiger charge is 2.09. The zero-order valence-corrected chi connectivity index (χ0v) is 9.25. The maximum absolute atomic E-state index is 13.6. The number of hydrogen-bond donors (Lipinski definition) is 1. The number of methoxy groups -OCH3 is 1. The van der Waals surface area contributed by atoms with Crippen LogP contribution in [-0.4, -0.2) is 12.1 Å². The molecule has 0 amide bonds. The lowest BCUT2D eigenvalue weighted by molar-refractivity contribution is 0.182. The Bertz CT molecular complexity index is 540. The van der Waals surface area contributed by atoms with Gasteiger partial charge in [0.1, 0.15) is 11.3 Å². The van der Waals surface area contributed by atoms with E-state index in [4.69, 9.17) is 10.5 Å². The summed E-state index contributed by atoms with van der Waals surface area (Å²) in [7, 11) is 1.56. The first-order valence-electron chi connectivity index (χ1n) is 4.96. The Labute approximate surface area is 93.0 Å². The number of halogens is 1. The lowest BCUT2D eigenvalue weighted by Gasteiger charge is -2.08. The molecule has 2 N–H and O–H groups in total. The van der Waals surface area contributed by atoms with E-state index in [-0.39, 0.29) is 5.82 Å². The molecule has 84 valence electrons. The van der Waals surface area contributed by atoms with Gasteiger partial charge in [-0.1, -0.05) is 6.07 Å². The van der Waals surface area contributed by atoms with Crippen molar-refractivity contribution in [3.8, 4) is 0 Å². The smallest absolute Gasteiger partial charge is 0.149 e. The minimum Gasteiger partial charge on any atom is -0.398 e. The number of nitrogens with two attached hydrogens (primary N) is 1. The minimum absolute atomic E-state index is 0.312. The predicted octanol–water partition coefficient (Wildman–Crippen LogP) is 2.41. The molecule has 0 fully saturated rings. The van der Waals surface area contributed by atoms with E-state index in [1.54, 1.807) is 19.2 Å². The molecule has 0 saturated carbocycles. The molecule has 16 heavy (non-hydrogen) atoms. The summed E-state index contributed by atoms with van der Waals surface area (Å²) in [4.78, 5) is 4.21. The Morgan fingerprint density at radius 2 is 2.19 bits per heavy atom. The predicted molar refractivity (Wildman–Crippen MR) is 61.6 cm³/mol. The standard InChI is InChI=1S/C12H13FN2O/c1-7-3-4-9(13)12-11(7)10(14)5-8(15-12)6-16-2/h3-5H,6H2,1-2H3,(H2,14,15). The number of rotatable bonds is 2. The number of aromatic nitrogens is 1. The average molecular weight is 220 g/mol. The van der Waals surface area contributed by atoms with Gasteiger partial charge in [0, 0.05) is 18.2 Å². The second-order valence-corrected chi connectivity index (χ2v) is 3.72. The summed E-state index contributed by atoms with van der Waals surface area (Å²) in [5, 5.41) is 0.680. The molecule has 2 aromatic rings. The van der Waals surface area contributed by atoms with Gasteiger partial charge in [-0.15, -0.1) is 0 Å². The number of nitrogen functional groups attached to an aromatic ring is 1. The molecular weight excluding hydrogens is 207 g/mol. The minimum atomic E-state index is -0.356. The first-order chi connectivity index (χ1) is 7.63. The van der Waals surface area contributed by atoms with E-state index in [0.717, 1.165) is 5.56 Å². The molecule has 1 heterocycles. The summed E-state index contributed by atoms with van der Waals surface area (Å²) in [6.45, 7) is 2.21. The molecule has 0 aliphatic heterocycles. The highest BCUT2D eigenvalue weighted by atomic mass is 19.1. The van der Waals surface area contributed by atoms with E-state index in [9.17, 15) is 4.39 Å². The molecule has 0 atom stereocenters. The first kappa shape index (κ1) is 10.8. The van der Waals surface area contributed by atoms with Crippen LogP contribution < -0.4 is 5.73 Å². The second kappa shape index (κ2) is 4.06. The number of ether oxygens (including phenoxy) is 1. The molecule has 0 spiro atoms. The highest BCUT2D eigenvalue weighted by Crippen LogP contribution is 2.26. The van der Waals surface area contributed by atoms with Crippen molar-refractivity contribution >= 4 is 16.6 Å². The molecule has 0 aliphatic rings. The Morgan fingerprint density at radius 1 is 1.44 bits per heavy atom. The topological polar surface area (TPSA) is 48.1 Å². The van der Waals surface area contributed by atoms with Gasteiger partial charge < -0.3 is 10.5 Å². The zero-order valence-electron chi connectivity index (χ0n) is 9.25. The van der Waals surface area contributed by atoms with Crippen LogP contribution in [0.4, 0.5) is 10.1 Å². The van der Waals surface area contributed by atoms with E-state index in [1.807, 2.05) is 6.92 Å². The van der Waals surface area contributed by atoms with Crippen molar-refractivity contribution in [2.45, 2.75) is 13.5 Å². The Balaban J connectivity index is 2.76. The monoisotopic (exact) mass is 220 g/mol. The normalized spacial score (nSPS) is 10.9. The number of anilines is 1. The number of hydrogen-bond acceptors (Lipinski definition) is 3. The van der Waals surface area contributed by atoms with Gasteiger partial charge in [-0.3, -0.25) is 0 Å². The van der Waals surface area contributed by atoms with Crippen LogP contribution in [0.1, 0.15) is 11.3 Å². The van der Waals surface area contributed by atoms with E-state index in [1.165, 1.54) is 6.07 Å². The molecule has 0 radical (unpaired) electrons. The van der Waals surface area contributed by atoms with Crippen molar-refractivity contribution < 1.29 is 9.13 Å².